The van der Waals surface area contributed by atoms with Gasteiger partial charge in [-0.15, -0.1) is 0 Å². The number of benzene rings is 2. The summed E-state index contributed by atoms with van der Waals surface area (Å²) in [7, 11) is 2.08. The molecule has 0 radical (unpaired) electrons. The number of nitrogens with zero attached hydrogens (tertiary/aromatic N) is 3. The minimum atomic E-state index is -0.641. The lowest BCUT2D eigenvalue weighted by molar-refractivity contribution is 0.0912. The Bertz CT molecular complexity index is 1310. The first-order valence-electron chi connectivity index (χ1n) is 13.4. The summed E-state index contributed by atoms with van der Waals surface area (Å²) in [5.41, 5.74) is 1.44. The molecular formula is C29H33F2N5O3. The standard InChI is InChI=1S/C29H33F2N5O3/c1-36-12-10-20(11-13-36)33-28(37)22-8-7-21-17-25(22)38-14-4-2-3-5-15-39-26-16-19(6-9-23(26)30)27-24(31)18-32-29(34-21)35-27/h6-9,16-18,20H,2-5,10-15H2,1H3,(H,33,37)(H,32,34,35). The Morgan fingerprint density at radius 1 is 0.974 bits per heavy atom. The van der Waals surface area contributed by atoms with Crippen LogP contribution in [0.3, 0.4) is 0 Å². The Hall–Kier alpha value is -3.79. The number of anilines is 2. The van der Waals surface area contributed by atoms with Crippen LogP contribution in [0.5, 0.6) is 11.5 Å². The number of rotatable bonds is 2. The van der Waals surface area contributed by atoms with Gasteiger partial charge in [0.15, 0.2) is 17.4 Å². The topological polar surface area (TPSA) is 88.6 Å². The van der Waals surface area contributed by atoms with Crippen molar-refractivity contribution in [2.24, 2.45) is 0 Å². The summed E-state index contributed by atoms with van der Waals surface area (Å²) in [6.07, 6.45) is 6.17. The highest BCUT2D eigenvalue weighted by Gasteiger charge is 2.22. The van der Waals surface area contributed by atoms with Crippen LogP contribution in [-0.4, -0.2) is 60.2 Å². The minimum Gasteiger partial charge on any atom is -0.493 e. The maximum absolute atomic E-state index is 14.7. The van der Waals surface area contributed by atoms with Gasteiger partial charge < -0.3 is 25.0 Å². The van der Waals surface area contributed by atoms with Gasteiger partial charge in [0.05, 0.1) is 25.0 Å². The predicted octanol–water partition coefficient (Wildman–Crippen LogP) is 5.32. The molecule has 0 saturated carbocycles. The van der Waals surface area contributed by atoms with E-state index in [4.69, 9.17) is 9.47 Å². The lowest BCUT2D eigenvalue weighted by atomic mass is 10.0. The monoisotopic (exact) mass is 537 g/mol. The summed E-state index contributed by atoms with van der Waals surface area (Å²) in [5.74, 6) is -0.658. The Labute approximate surface area is 226 Å². The molecule has 39 heavy (non-hydrogen) atoms. The van der Waals surface area contributed by atoms with Crippen LogP contribution < -0.4 is 20.1 Å². The SMILES string of the molecule is CN1CCC(NC(=O)c2ccc3cc2OCCCCCCOc2cc(ccc2F)-c2nc(ncc2F)N3)CC1. The molecule has 0 aliphatic carbocycles. The summed E-state index contributed by atoms with van der Waals surface area (Å²) in [4.78, 5) is 23.8. The molecule has 2 aliphatic rings. The smallest absolute Gasteiger partial charge is 0.255 e. The number of carbonyl (C=O) groups excluding carboxylic acids is 1. The molecule has 1 saturated heterocycles. The predicted molar refractivity (Wildman–Crippen MR) is 145 cm³/mol. The van der Waals surface area contributed by atoms with Crippen LogP contribution in [0.2, 0.25) is 0 Å². The quantitative estimate of drug-likeness (QED) is 0.457. The summed E-state index contributed by atoms with van der Waals surface area (Å²) < 4.78 is 40.7. The van der Waals surface area contributed by atoms with E-state index in [9.17, 15) is 13.6 Å². The van der Waals surface area contributed by atoms with Crippen molar-refractivity contribution in [1.29, 1.82) is 0 Å². The fourth-order valence-electron chi connectivity index (χ4n) is 4.77. The van der Waals surface area contributed by atoms with Crippen LogP contribution in [0.15, 0.2) is 42.6 Å². The van der Waals surface area contributed by atoms with E-state index >= 15 is 0 Å². The molecule has 3 aromatic rings. The number of aromatic nitrogens is 2. The van der Waals surface area contributed by atoms with Gasteiger partial charge in [-0.05, 0) is 89.0 Å². The van der Waals surface area contributed by atoms with Crippen molar-refractivity contribution in [1.82, 2.24) is 20.2 Å². The van der Waals surface area contributed by atoms with Crippen molar-refractivity contribution in [3.05, 3.63) is 59.8 Å². The zero-order valence-corrected chi connectivity index (χ0v) is 22.0. The zero-order chi connectivity index (χ0) is 27.2. The van der Waals surface area contributed by atoms with Gasteiger partial charge >= 0.3 is 0 Å². The van der Waals surface area contributed by atoms with Crippen molar-refractivity contribution in [3.63, 3.8) is 0 Å². The molecule has 8 nitrogen and oxygen atoms in total. The molecule has 206 valence electrons. The van der Waals surface area contributed by atoms with Crippen LogP contribution in [0.25, 0.3) is 11.3 Å². The van der Waals surface area contributed by atoms with Crippen molar-refractivity contribution in [2.75, 3.05) is 38.7 Å². The van der Waals surface area contributed by atoms with Gasteiger partial charge in [0, 0.05) is 23.4 Å². The third kappa shape index (κ3) is 6.81. The highest BCUT2D eigenvalue weighted by Crippen LogP contribution is 2.30. The molecule has 2 N–H and O–H groups in total. The highest BCUT2D eigenvalue weighted by atomic mass is 19.1. The van der Waals surface area contributed by atoms with Crippen molar-refractivity contribution in [3.8, 4) is 22.8 Å². The number of hydrogen-bond acceptors (Lipinski definition) is 7. The number of nitrogens with one attached hydrogen (secondary N) is 2. The van der Waals surface area contributed by atoms with E-state index in [0.717, 1.165) is 57.8 Å². The molecule has 6 bridgehead atoms. The second kappa shape index (κ2) is 12.4. The van der Waals surface area contributed by atoms with E-state index < -0.39 is 11.6 Å². The van der Waals surface area contributed by atoms with Crippen LogP contribution in [-0.2, 0) is 0 Å². The average Bonchev–Trinajstić information content (AvgIpc) is 2.93. The molecule has 1 amide bonds. The number of amides is 1. The Morgan fingerprint density at radius 3 is 2.49 bits per heavy atom. The molecule has 1 fully saturated rings. The van der Waals surface area contributed by atoms with E-state index in [1.807, 2.05) is 0 Å². The second-order valence-corrected chi connectivity index (χ2v) is 10.0. The summed E-state index contributed by atoms with van der Waals surface area (Å²) in [6.45, 7) is 2.67. The maximum Gasteiger partial charge on any atom is 0.255 e. The zero-order valence-electron chi connectivity index (χ0n) is 22.0. The summed E-state index contributed by atoms with van der Waals surface area (Å²) >= 11 is 0. The van der Waals surface area contributed by atoms with Gasteiger partial charge in [0.25, 0.3) is 5.91 Å². The number of ether oxygens (including phenoxy) is 2. The van der Waals surface area contributed by atoms with E-state index in [1.54, 1.807) is 18.2 Å². The number of fused-ring (bicyclic) bond motifs is 7. The van der Waals surface area contributed by atoms with Gasteiger partial charge in [0.2, 0.25) is 5.95 Å². The van der Waals surface area contributed by atoms with Crippen LogP contribution in [0.1, 0.15) is 48.9 Å². The first kappa shape index (κ1) is 26.8. The molecule has 2 aromatic carbocycles. The Morgan fingerprint density at radius 2 is 1.72 bits per heavy atom. The van der Waals surface area contributed by atoms with Crippen molar-refractivity contribution >= 4 is 17.5 Å². The fourth-order valence-corrected chi connectivity index (χ4v) is 4.77. The maximum atomic E-state index is 14.7. The summed E-state index contributed by atoms with van der Waals surface area (Å²) in [6, 6.07) is 9.48. The number of hydrogen-bond donors (Lipinski definition) is 2. The molecule has 2 aliphatic heterocycles. The van der Waals surface area contributed by atoms with Gasteiger partial charge in [0.1, 0.15) is 11.4 Å². The number of halogens is 2. The molecule has 1 aromatic heterocycles. The largest absolute Gasteiger partial charge is 0.493 e. The third-order valence-electron chi connectivity index (χ3n) is 7.04. The first-order valence-corrected chi connectivity index (χ1v) is 13.4. The lowest BCUT2D eigenvalue weighted by Gasteiger charge is -2.29. The lowest BCUT2D eigenvalue weighted by Crippen LogP contribution is -2.43. The number of piperidine rings is 1. The second-order valence-electron chi connectivity index (χ2n) is 10.0. The van der Waals surface area contributed by atoms with E-state index in [0.29, 0.717) is 35.8 Å². The minimum absolute atomic E-state index is 0.0177. The first-order chi connectivity index (χ1) is 19.0. The molecule has 5 rings (SSSR count). The Kier molecular flexibility index (Phi) is 8.51. The normalized spacial score (nSPS) is 17.1. The molecule has 0 atom stereocenters. The van der Waals surface area contributed by atoms with E-state index in [-0.39, 0.29) is 29.3 Å². The third-order valence-corrected chi connectivity index (χ3v) is 7.04. The number of carbonyl (C=O) groups is 1. The van der Waals surface area contributed by atoms with Gasteiger partial charge in [-0.25, -0.2) is 18.7 Å². The summed E-state index contributed by atoms with van der Waals surface area (Å²) in [5, 5.41) is 6.23. The van der Waals surface area contributed by atoms with Crippen molar-refractivity contribution in [2.45, 2.75) is 44.6 Å². The average molecular weight is 538 g/mol. The molecule has 0 unspecified atom stereocenters. The highest BCUT2D eigenvalue weighted by molar-refractivity contribution is 5.97. The molecule has 3 heterocycles. The van der Waals surface area contributed by atoms with Crippen LogP contribution in [0.4, 0.5) is 20.4 Å². The fraction of sp³-hybridized carbons (Fsp3) is 0.414. The van der Waals surface area contributed by atoms with Crippen LogP contribution in [0, 0.1) is 11.6 Å². The van der Waals surface area contributed by atoms with E-state index in [1.165, 1.54) is 18.2 Å². The molecule has 0 spiro atoms. The van der Waals surface area contributed by atoms with E-state index in [2.05, 4.69) is 32.5 Å². The van der Waals surface area contributed by atoms with Gasteiger partial charge in [-0.1, -0.05) is 0 Å². The number of likely N-dealkylation sites (tertiary alicyclic amines) is 1. The molecular weight excluding hydrogens is 504 g/mol. The molecule has 10 heteroatoms. The van der Waals surface area contributed by atoms with Gasteiger partial charge in [-0.2, -0.15) is 0 Å². The van der Waals surface area contributed by atoms with Gasteiger partial charge in [-0.3, -0.25) is 4.79 Å². The Balaban J connectivity index is 1.42. The van der Waals surface area contributed by atoms with Crippen molar-refractivity contribution < 1.29 is 23.0 Å². The van der Waals surface area contributed by atoms with Crippen LogP contribution >= 0.6 is 0 Å².